The molecule has 1 atom stereocenters. The third-order valence-corrected chi connectivity index (χ3v) is 3.41. The minimum absolute atomic E-state index is 0.0652. The third kappa shape index (κ3) is 3.79. The van der Waals surface area contributed by atoms with E-state index < -0.39 is 5.82 Å². The number of aliphatic hydroxyl groups is 1. The summed E-state index contributed by atoms with van der Waals surface area (Å²) in [4.78, 5) is 0. The minimum Gasteiger partial charge on any atom is -0.453 e. The molecule has 1 aromatic heterocycles. The Labute approximate surface area is 123 Å². The molecule has 1 unspecified atom stereocenters. The lowest BCUT2D eigenvalue weighted by molar-refractivity contribution is 0.240. The molecule has 0 amide bonds. The highest BCUT2D eigenvalue weighted by molar-refractivity contribution is 9.10. The first-order valence-corrected chi connectivity index (χ1v) is 6.80. The smallest absolute Gasteiger partial charge is 0.169 e. The van der Waals surface area contributed by atoms with Gasteiger partial charge in [0.2, 0.25) is 0 Å². The maximum atomic E-state index is 13.4. The zero-order chi connectivity index (χ0) is 13.8. The van der Waals surface area contributed by atoms with Gasteiger partial charge in [0, 0.05) is 0 Å². The van der Waals surface area contributed by atoms with Crippen LogP contribution in [0.3, 0.4) is 0 Å². The lowest BCUT2D eigenvalue weighted by atomic mass is 10.1. The summed E-state index contributed by atoms with van der Waals surface area (Å²) in [7, 11) is 0. The maximum absolute atomic E-state index is 13.4. The molecular weight excluding hydrogens is 337 g/mol. The minimum atomic E-state index is -0.500. The van der Waals surface area contributed by atoms with Crippen LogP contribution in [0, 0.1) is 5.82 Å². The zero-order valence-corrected chi connectivity index (χ0v) is 12.2. The summed E-state index contributed by atoms with van der Waals surface area (Å²) >= 11 is 8.84. The van der Waals surface area contributed by atoms with Gasteiger partial charge in [-0.05, 0) is 45.8 Å². The topological polar surface area (TPSA) is 45.4 Å². The molecule has 0 radical (unpaired) electrons. The van der Waals surface area contributed by atoms with Gasteiger partial charge in [0.25, 0.3) is 0 Å². The van der Waals surface area contributed by atoms with Crippen LogP contribution in [-0.4, -0.2) is 11.7 Å². The van der Waals surface area contributed by atoms with E-state index in [1.54, 1.807) is 12.1 Å². The number of furan rings is 1. The normalized spacial score (nSPS) is 12.6. The van der Waals surface area contributed by atoms with E-state index in [1.165, 1.54) is 12.1 Å². The van der Waals surface area contributed by atoms with Gasteiger partial charge in [-0.2, -0.15) is 0 Å². The molecule has 2 aromatic rings. The number of benzene rings is 1. The third-order valence-electron chi connectivity index (χ3n) is 2.68. The molecule has 1 heterocycles. The molecule has 2 N–H and O–H groups in total. The van der Waals surface area contributed by atoms with Crippen LogP contribution in [0.1, 0.15) is 17.4 Å². The molecule has 0 spiro atoms. The number of halogens is 3. The molecule has 0 bridgehead atoms. The number of hydrogen-bond acceptors (Lipinski definition) is 3. The second-order valence-corrected chi connectivity index (χ2v) is 5.18. The Morgan fingerprint density at radius 2 is 2.16 bits per heavy atom. The largest absolute Gasteiger partial charge is 0.453 e. The van der Waals surface area contributed by atoms with Gasteiger partial charge < -0.3 is 14.8 Å². The molecule has 0 saturated heterocycles. The van der Waals surface area contributed by atoms with Crippen LogP contribution in [0.2, 0.25) is 5.02 Å². The molecule has 102 valence electrons. The lowest BCUT2D eigenvalue weighted by Gasteiger charge is -2.16. The predicted molar refractivity (Wildman–Crippen MR) is 74.5 cm³/mol. The van der Waals surface area contributed by atoms with E-state index in [9.17, 15) is 9.50 Å². The van der Waals surface area contributed by atoms with Gasteiger partial charge in [0.15, 0.2) is 4.67 Å². The van der Waals surface area contributed by atoms with Gasteiger partial charge in [-0.15, -0.1) is 0 Å². The Balaban J connectivity index is 2.05. The fourth-order valence-corrected chi connectivity index (χ4v) is 2.15. The van der Waals surface area contributed by atoms with Crippen molar-refractivity contribution in [3.05, 3.63) is 57.2 Å². The van der Waals surface area contributed by atoms with E-state index in [1.807, 2.05) is 6.07 Å². The SMILES string of the molecule is OCC(NCc1ccc(Br)o1)c1ccc(Cl)c(F)c1. The molecule has 0 aliphatic carbocycles. The highest BCUT2D eigenvalue weighted by Crippen LogP contribution is 2.21. The van der Waals surface area contributed by atoms with Crippen molar-refractivity contribution >= 4 is 27.5 Å². The fourth-order valence-electron chi connectivity index (χ4n) is 1.69. The summed E-state index contributed by atoms with van der Waals surface area (Å²) in [5.74, 6) is 0.222. The standard InChI is InChI=1S/C13H12BrClFNO2/c14-13-4-2-9(19-13)6-17-12(7-18)8-1-3-10(15)11(16)5-8/h1-5,12,17-18H,6-7H2. The van der Waals surface area contributed by atoms with Crippen LogP contribution >= 0.6 is 27.5 Å². The highest BCUT2D eigenvalue weighted by Gasteiger charge is 2.12. The van der Waals surface area contributed by atoms with Crippen LogP contribution in [0.25, 0.3) is 0 Å². The Morgan fingerprint density at radius 3 is 2.74 bits per heavy atom. The summed E-state index contributed by atoms with van der Waals surface area (Å²) < 4.78 is 19.4. The summed E-state index contributed by atoms with van der Waals surface area (Å²) in [6, 6.07) is 7.68. The molecule has 3 nitrogen and oxygen atoms in total. The van der Waals surface area contributed by atoms with Crippen molar-refractivity contribution in [2.75, 3.05) is 6.61 Å². The van der Waals surface area contributed by atoms with Gasteiger partial charge in [0.1, 0.15) is 11.6 Å². The Hall–Kier alpha value is -0.880. The maximum Gasteiger partial charge on any atom is 0.169 e. The second-order valence-electron chi connectivity index (χ2n) is 4.00. The molecule has 0 saturated carbocycles. The van der Waals surface area contributed by atoms with E-state index in [4.69, 9.17) is 16.0 Å². The summed E-state index contributed by atoms with van der Waals surface area (Å²) in [6.07, 6.45) is 0. The molecule has 19 heavy (non-hydrogen) atoms. The number of nitrogens with one attached hydrogen (secondary N) is 1. The molecule has 0 fully saturated rings. The van der Waals surface area contributed by atoms with Gasteiger partial charge in [-0.3, -0.25) is 0 Å². The van der Waals surface area contributed by atoms with E-state index in [-0.39, 0.29) is 17.7 Å². The van der Waals surface area contributed by atoms with Crippen LogP contribution in [-0.2, 0) is 6.54 Å². The first kappa shape index (κ1) is 14.5. The predicted octanol–water partition coefficient (Wildman–Crippen LogP) is 3.66. The Kier molecular flexibility index (Phi) is 4.99. The highest BCUT2D eigenvalue weighted by atomic mass is 79.9. The lowest BCUT2D eigenvalue weighted by Crippen LogP contribution is -2.23. The van der Waals surface area contributed by atoms with Crippen molar-refractivity contribution in [3.8, 4) is 0 Å². The van der Waals surface area contributed by atoms with E-state index in [0.29, 0.717) is 16.8 Å². The number of aliphatic hydroxyl groups excluding tert-OH is 1. The van der Waals surface area contributed by atoms with E-state index >= 15 is 0 Å². The average Bonchev–Trinajstić information content (AvgIpc) is 2.80. The molecule has 2 rings (SSSR count). The zero-order valence-electron chi connectivity index (χ0n) is 9.87. The van der Waals surface area contributed by atoms with Crippen molar-refractivity contribution in [1.29, 1.82) is 0 Å². The monoisotopic (exact) mass is 347 g/mol. The molecule has 6 heteroatoms. The van der Waals surface area contributed by atoms with Crippen LogP contribution in [0.15, 0.2) is 39.4 Å². The van der Waals surface area contributed by atoms with E-state index in [0.717, 1.165) is 5.76 Å². The fraction of sp³-hybridized carbons (Fsp3) is 0.231. The van der Waals surface area contributed by atoms with Crippen molar-refractivity contribution in [2.24, 2.45) is 0 Å². The van der Waals surface area contributed by atoms with Crippen molar-refractivity contribution in [2.45, 2.75) is 12.6 Å². The van der Waals surface area contributed by atoms with Crippen LogP contribution < -0.4 is 5.32 Å². The van der Waals surface area contributed by atoms with Crippen molar-refractivity contribution in [1.82, 2.24) is 5.32 Å². The molecule has 0 aliphatic heterocycles. The summed E-state index contributed by atoms with van der Waals surface area (Å²) in [6.45, 7) is 0.282. The summed E-state index contributed by atoms with van der Waals surface area (Å²) in [5.41, 5.74) is 0.634. The van der Waals surface area contributed by atoms with Crippen molar-refractivity contribution < 1.29 is 13.9 Å². The second kappa shape index (κ2) is 6.52. The Morgan fingerprint density at radius 1 is 1.37 bits per heavy atom. The van der Waals surface area contributed by atoms with E-state index in [2.05, 4.69) is 21.2 Å². The van der Waals surface area contributed by atoms with Crippen LogP contribution in [0.4, 0.5) is 4.39 Å². The van der Waals surface area contributed by atoms with Crippen molar-refractivity contribution in [3.63, 3.8) is 0 Å². The Bertz CT molecular complexity index is 561. The van der Waals surface area contributed by atoms with Gasteiger partial charge in [0.05, 0.1) is 24.2 Å². The first-order valence-electron chi connectivity index (χ1n) is 5.63. The number of hydrogen-bond donors (Lipinski definition) is 2. The molecule has 0 aliphatic rings. The quantitative estimate of drug-likeness (QED) is 0.867. The van der Waals surface area contributed by atoms with Gasteiger partial charge >= 0.3 is 0 Å². The molecule has 1 aromatic carbocycles. The van der Waals surface area contributed by atoms with Crippen LogP contribution in [0.5, 0.6) is 0 Å². The number of rotatable bonds is 5. The van der Waals surface area contributed by atoms with Gasteiger partial charge in [-0.25, -0.2) is 4.39 Å². The van der Waals surface area contributed by atoms with Gasteiger partial charge in [-0.1, -0.05) is 17.7 Å². The average molecular weight is 349 g/mol. The first-order chi connectivity index (χ1) is 9.10. The molecular formula is C13H12BrClFNO2. The summed E-state index contributed by atoms with van der Waals surface area (Å²) in [5, 5.41) is 12.5.